The van der Waals surface area contributed by atoms with E-state index < -0.39 is 0 Å². The predicted octanol–water partition coefficient (Wildman–Crippen LogP) is 4.08. The molecule has 0 bridgehead atoms. The van der Waals surface area contributed by atoms with E-state index >= 15 is 0 Å². The fourth-order valence-corrected chi connectivity index (χ4v) is 3.28. The Morgan fingerprint density at radius 1 is 0.842 bits per heavy atom. The van der Waals surface area contributed by atoms with Crippen LogP contribution >= 0.6 is 12.4 Å². The van der Waals surface area contributed by atoms with Crippen molar-refractivity contribution in [2.75, 3.05) is 13.6 Å². The van der Waals surface area contributed by atoms with Gasteiger partial charge in [0.2, 0.25) is 0 Å². The van der Waals surface area contributed by atoms with E-state index in [1.807, 2.05) is 0 Å². The summed E-state index contributed by atoms with van der Waals surface area (Å²) in [5.74, 6) is 0. The molecule has 0 atom stereocenters. The Labute approximate surface area is 121 Å². The van der Waals surface area contributed by atoms with Crippen LogP contribution in [0.25, 0.3) is 0 Å². The first-order valence-electron chi connectivity index (χ1n) is 6.66. The average molecular weight is 274 g/mol. The Morgan fingerprint density at radius 2 is 1.32 bits per heavy atom. The summed E-state index contributed by atoms with van der Waals surface area (Å²) in [6.07, 6.45) is 2.47. The van der Waals surface area contributed by atoms with Crippen molar-refractivity contribution < 1.29 is 0 Å². The van der Waals surface area contributed by atoms with Crippen LogP contribution in [0.3, 0.4) is 0 Å². The summed E-state index contributed by atoms with van der Waals surface area (Å²) in [6, 6.07) is 21.8. The van der Waals surface area contributed by atoms with Gasteiger partial charge in [-0.1, -0.05) is 60.7 Å². The van der Waals surface area contributed by atoms with Gasteiger partial charge in [-0.3, -0.25) is 4.90 Å². The lowest BCUT2D eigenvalue weighted by Crippen LogP contribution is -2.39. The van der Waals surface area contributed by atoms with Crippen molar-refractivity contribution in [3.63, 3.8) is 0 Å². The summed E-state index contributed by atoms with van der Waals surface area (Å²) in [6.45, 7) is 1.17. The average Bonchev–Trinajstić information content (AvgIpc) is 2.84. The Balaban J connectivity index is 0.00000133. The lowest BCUT2D eigenvalue weighted by molar-refractivity contribution is 0.222. The number of hydrogen-bond donors (Lipinski definition) is 0. The standard InChI is InChI=1S/C17H19N.ClH/c1-18-14-8-13-17(18,15-9-4-2-5-10-15)16-11-6-3-7-12-16;/h2-7,9-12H,8,13-14H2,1H3;1H. The summed E-state index contributed by atoms with van der Waals surface area (Å²) < 4.78 is 0. The summed E-state index contributed by atoms with van der Waals surface area (Å²) >= 11 is 0. The van der Waals surface area contributed by atoms with Gasteiger partial charge in [0.05, 0.1) is 5.54 Å². The molecular formula is C17H20ClN. The highest BCUT2D eigenvalue weighted by Crippen LogP contribution is 2.43. The fourth-order valence-electron chi connectivity index (χ4n) is 3.28. The van der Waals surface area contributed by atoms with Crippen molar-refractivity contribution in [2.24, 2.45) is 0 Å². The summed E-state index contributed by atoms with van der Waals surface area (Å²) in [7, 11) is 2.24. The van der Waals surface area contributed by atoms with E-state index in [4.69, 9.17) is 0 Å². The van der Waals surface area contributed by atoms with Gasteiger partial charge in [-0.25, -0.2) is 0 Å². The van der Waals surface area contributed by atoms with Crippen LogP contribution in [0, 0.1) is 0 Å². The number of hydrogen-bond acceptors (Lipinski definition) is 1. The zero-order valence-corrected chi connectivity index (χ0v) is 12.1. The Kier molecular flexibility index (Phi) is 4.28. The molecule has 0 N–H and O–H groups in total. The highest BCUT2D eigenvalue weighted by atomic mass is 35.5. The van der Waals surface area contributed by atoms with Gasteiger partial charge in [0.15, 0.2) is 0 Å². The molecule has 1 nitrogen and oxygen atoms in total. The molecule has 0 saturated carbocycles. The van der Waals surface area contributed by atoms with Crippen LogP contribution in [0.2, 0.25) is 0 Å². The van der Waals surface area contributed by atoms with Crippen LogP contribution in [0.4, 0.5) is 0 Å². The van der Waals surface area contributed by atoms with Gasteiger partial charge in [-0.05, 0) is 37.6 Å². The van der Waals surface area contributed by atoms with Crippen LogP contribution in [0.1, 0.15) is 24.0 Å². The first-order chi connectivity index (χ1) is 8.84. The lowest BCUT2D eigenvalue weighted by Gasteiger charge is -2.37. The molecule has 1 aliphatic rings. The zero-order chi connectivity index (χ0) is 12.4. The largest absolute Gasteiger partial charge is 0.293 e. The maximum atomic E-state index is 2.50. The molecule has 1 fully saturated rings. The van der Waals surface area contributed by atoms with Crippen LogP contribution in [0.5, 0.6) is 0 Å². The van der Waals surface area contributed by atoms with Crippen molar-refractivity contribution in [3.8, 4) is 0 Å². The number of rotatable bonds is 2. The van der Waals surface area contributed by atoms with E-state index in [1.54, 1.807) is 0 Å². The number of benzene rings is 2. The molecule has 0 amide bonds. The van der Waals surface area contributed by atoms with E-state index in [0.717, 1.165) is 0 Å². The Hall–Kier alpha value is -1.31. The van der Waals surface area contributed by atoms with E-state index in [9.17, 15) is 0 Å². The quantitative estimate of drug-likeness (QED) is 0.797. The highest BCUT2D eigenvalue weighted by molar-refractivity contribution is 5.85. The molecule has 2 aromatic rings. The minimum Gasteiger partial charge on any atom is -0.293 e. The second-order valence-corrected chi connectivity index (χ2v) is 5.12. The first kappa shape index (κ1) is 14.1. The van der Waals surface area contributed by atoms with Gasteiger partial charge in [0.25, 0.3) is 0 Å². The zero-order valence-electron chi connectivity index (χ0n) is 11.3. The topological polar surface area (TPSA) is 3.24 Å². The molecule has 1 aliphatic heterocycles. The monoisotopic (exact) mass is 273 g/mol. The van der Waals surface area contributed by atoms with Crippen molar-refractivity contribution in [3.05, 3.63) is 71.8 Å². The van der Waals surface area contributed by atoms with Gasteiger partial charge >= 0.3 is 0 Å². The minimum atomic E-state index is 0. The predicted molar refractivity (Wildman–Crippen MR) is 82.8 cm³/mol. The van der Waals surface area contributed by atoms with E-state index in [1.165, 1.54) is 30.5 Å². The molecule has 0 spiro atoms. The summed E-state index contributed by atoms with van der Waals surface area (Å²) in [5.41, 5.74) is 2.90. The molecule has 1 saturated heterocycles. The van der Waals surface area contributed by atoms with Crippen molar-refractivity contribution in [1.29, 1.82) is 0 Å². The Bertz CT molecular complexity index is 470. The van der Waals surface area contributed by atoms with Gasteiger partial charge in [-0.2, -0.15) is 0 Å². The molecule has 19 heavy (non-hydrogen) atoms. The third kappa shape index (κ3) is 2.29. The van der Waals surface area contributed by atoms with E-state index in [0.29, 0.717) is 0 Å². The second kappa shape index (κ2) is 5.77. The van der Waals surface area contributed by atoms with Crippen molar-refractivity contribution in [2.45, 2.75) is 18.4 Å². The molecule has 3 rings (SSSR count). The lowest BCUT2D eigenvalue weighted by atomic mass is 9.81. The van der Waals surface area contributed by atoms with Crippen LogP contribution in [0.15, 0.2) is 60.7 Å². The highest BCUT2D eigenvalue weighted by Gasteiger charge is 2.41. The molecule has 0 unspecified atom stereocenters. The third-order valence-corrected chi connectivity index (χ3v) is 4.19. The second-order valence-electron chi connectivity index (χ2n) is 5.12. The van der Waals surface area contributed by atoms with Crippen LogP contribution in [-0.4, -0.2) is 18.5 Å². The van der Waals surface area contributed by atoms with E-state index in [-0.39, 0.29) is 17.9 Å². The molecule has 2 aromatic carbocycles. The third-order valence-electron chi connectivity index (χ3n) is 4.19. The number of halogens is 1. The molecule has 0 aliphatic carbocycles. The summed E-state index contributed by atoms with van der Waals surface area (Å²) in [5, 5.41) is 0. The van der Waals surface area contributed by atoms with Crippen molar-refractivity contribution in [1.82, 2.24) is 4.90 Å². The fraction of sp³-hybridized carbons (Fsp3) is 0.294. The SMILES string of the molecule is CN1CCCC1(c1ccccc1)c1ccccc1.Cl. The molecular weight excluding hydrogens is 254 g/mol. The Morgan fingerprint density at radius 3 is 1.68 bits per heavy atom. The van der Waals surface area contributed by atoms with Crippen molar-refractivity contribution >= 4 is 12.4 Å². The summed E-state index contributed by atoms with van der Waals surface area (Å²) in [4.78, 5) is 2.50. The molecule has 0 aromatic heterocycles. The smallest absolute Gasteiger partial charge is 0.0713 e. The van der Waals surface area contributed by atoms with Crippen LogP contribution in [-0.2, 0) is 5.54 Å². The van der Waals surface area contributed by atoms with Gasteiger partial charge < -0.3 is 0 Å². The maximum Gasteiger partial charge on any atom is 0.0713 e. The van der Waals surface area contributed by atoms with Gasteiger partial charge in [0.1, 0.15) is 0 Å². The van der Waals surface area contributed by atoms with Crippen LogP contribution < -0.4 is 0 Å². The molecule has 100 valence electrons. The first-order valence-corrected chi connectivity index (χ1v) is 6.66. The minimum absolute atomic E-state index is 0. The number of nitrogens with zero attached hydrogens (tertiary/aromatic N) is 1. The molecule has 1 heterocycles. The normalized spacial score (nSPS) is 17.9. The maximum absolute atomic E-state index is 2.50. The molecule has 0 radical (unpaired) electrons. The van der Waals surface area contributed by atoms with E-state index in [2.05, 4.69) is 72.6 Å². The molecule has 2 heteroatoms. The van der Waals surface area contributed by atoms with Gasteiger partial charge in [0, 0.05) is 0 Å². The van der Waals surface area contributed by atoms with Gasteiger partial charge in [-0.15, -0.1) is 12.4 Å². The number of likely N-dealkylation sites (tertiary alicyclic amines) is 1.